The van der Waals surface area contributed by atoms with E-state index >= 15 is 0 Å². The number of amides is 1. The molecule has 2 aromatic carbocycles. The first-order chi connectivity index (χ1) is 17.2. The third-order valence-corrected chi connectivity index (χ3v) is 6.77. The van der Waals surface area contributed by atoms with Crippen molar-refractivity contribution >= 4 is 28.2 Å². The number of aryl methyl sites for hydroxylation is 2. The monoisotopic (exact) mass is 468 g/mol. The van der Waals surface area contributed by atoms with Crippen LogP contribution < -0.4 is 0 Å². The number of hydrogen-bond donors (Lipinski definition) is 0. The normalized spacial score (nSPS) is 14.9. The van der Waals surface area contributed by atoms with Crippen molar-refractivity contribution in [3.8, 4) is 0 Å². The van der Waals surface area contributed by atoms with E-state index in [9.17, 15) is 4.79 Å². The highest BCUT2D eigenvalue weighted by Crippen LogP contribution is 2.23. The quantitative estimate of drug-likeness (QED) is 0.381. The molecular formula is C26H28N8O. The van der Waals surface area contributed by atoms with E-state index in [4.69, 9.17) is 0 Å². The molecule has 1 amide bonds. The van der Waals surface area contributed by atoms with E-state index in [0.29, 0.717) is 24.4 Å². The van der Waals surface area contributed by atoms with Gasteiger partial charge in [0.05, 0.1) is 5.52 Å². The minimum absolute atomic E-state index is 0.220. The summed E-state index contributed by atoms with van der Waals surface area (Å²) in [5, 5.41) is 14.4. The van der Waals surface area contributed by atoms with Gasteiger partial charge in [0.1, 0.15) is 11.6 Å². The van der Waals surface area contributed by atoms with E-state index in [1.807, 2.05) is 40.5 Å². The Labute approximate surface area is 203 Å². The van der Waals surface area contributed by atoms with E-state index in [1.54, 1.807) is 4.52 Å². The predicted octanol–water partition coefficient (Wildman–Crippen LogP) is 2.90. The average Bonchev–Trinajstić information content (AvgIpc) is 3.49. The van der Waals surface area contributed by atoms with Gasteiger partial charge in [0, 0.05) is 51.0 Å². The summed E-state index contributed by atoms with van der Waals surface area (Å²) in [6.45, 7) is 6.21. The van der Waals surface area contributed by atoms with Crippen molar-refractivity contribution in [3.63, 3.8) is 0 Å². The Morgan fingerprint density at radius 3 is 2.54 bits per heavy atom. The second-order valence-corrected chi connectivity index (χ2v) is 9.16. The fourth-order valence-corrected chi connectivity index (χ4v) is 4.99. The van der Waals surface area contributed by atoms with Gasteiger partial charge in [-0.1, -0.05) is 42.5 Å². The highest BCUT2D eigenvalue weighted by molar-refractivity contribution is 5.93. The van der Waals surface area contributed by atoms with Gasteiger partial charge in [0.2, 0.25) is 5.91 Å². The third-order valence-electron chi connectivity index (χ3n) is 6.77. The number of hydrogen-bond acceptors (Lipinski definition) is 6. The van der Waals surface area contributed by atoms with Gasteiger partial charge in [-0.2, -0.15) is 4.52 Å². The summed E-state index contributed by atoms with van der Waals surface area (Å²) in [4.78, 5) is 21.9. The van der Waals surface area contributed by atoms with Crippen molar-refractivity contribution in [2.75, 3.05) is 26.2 Å². The minimum Gasteiger partial charge on any atom is -0.340 e. The zero-order valence-electron chi connectivity index (χ0n) is 19.8. The lowest BCUT2D eigenvalue weighted by molar-refractivity contribution is -0.133. The van der Waals surface area contributed by atoms with Crippen LogP contribution in [0.2, 0.25) is 0 Å². The van der Waals surface area contributed by atoms with Crippen LogP contribution in [-0.2, 0) is 17.8 Å². The van der Waals surface area contributed by atoms with Crippen LogP contribution in [0.4, 0.5) is 0 Å². The van der Waals surface area contributed by atoms with E-state index < -0.39 is 0 Å². The molecule has 1 aliphatic heterocycles. The summed E-state index contributed by atoms with van der Waals surface area (Å²) in [6.07, 6.45) is 1.91. The number of carbonyl (C=O) groups excluding carboxylic acids is 1. The number of rotatable bonds is 6. The number of piperazine rings is 1. The highest BCUT2D eigenvalue weighted by Gasteiger charge is 2.22. The molecule has 9 heteroatoms. The molecule has 1 saturated heterocycles. The third kappa shape index (κ3) is 4.12. The fourth-order valence-electron chi connectivity index (χ4n) is 4.99. The number of carbonyl (C=O) groups is 1. The summed E-state index contributed by atoms with van der Waals surface area (Å²) >= 11 is 0. The van der Waals surface area contributed by atoms with Crippen molar-refractivity contribution < 1.29 is 4.79 Å². The smallest absolute Gasteiger partial charge is 0.258 e. The SMILES string of the molecule is Cc1nc2c3ccccc3n3c(CCCC(=O)N4CCN(Cc5ccccc5)CC4)nnc3n2n1. The summed E-state index contributed by atoms with van der Waals surface area (Å²) in [5.41, 5.74) is 3.10. The second kappa shape index (κ2) is 9.07. The van der Waals surface area contributed by atoms with Crippen LogP contribution in [0.3, 0.4) is 0 Å². The molecule has 0 saturated carbocycles. The number of para-hydroxylation sites is 1. The lowest BCUT2D eigenvalue weighted by Gasteiger charge is -2.34. The van der Waals surface area contributed by atoms with Crippen LogP contribution in [0.5, 0.6) is 0 Å². The number of fused-ring (bicyclic) bond motifs is 6. The van der Waals surface area contributed by atoms with Crippen molar-refractivity contribution in [2.24, 2.45) is 0 Å². The molecule has 1 aliphatic rings. The summed E-state index contributed by atoms with van der Waals surface area (Å²) in [6, 6.07) is 18.6. The summed E-state index contributed by atoms with van der Waals surface area (Å²) in [7, 11) is 0. The van der Waals surface area contributed by atoms with E-state index in [0.717, 1.165) is 61.5 Å². The molecule has 6 rings (SSSR count). The Hall–Kier alpha value is -3.85. The molecule has 0 radical (unpaired) electrons. The van der Waals surface area contributed by atoms with Crippen LogP contribution >= 0.6 is 0 Å². The van der Waals surface area contributed by atoms with Gasteiger partial charge in [-0.25, -0.2) is 4.98 Å². The number of aromatic nitrogens is 6. The molecule has 9 nitrogen and oxygen atoms in total. The van der Waals surface area contributed by atoms with Crippen LogP contribution in [0.1, 0.15) is 30.1 Å². The topological polar surface area (TPSA) is 83.9 Å². The van der Waals surface area contributed by atoms with E-state index in [-0.39, 0.29) is 5.91 Å². The zero-order valence-corrected chi connectivity index (χ0v) is 19.8. The molecule has 35 heavy (non-hydrogen) atoms. The van der Waals surface area contributed by atoms with Crippen molar-refractivity contribution in [2.45, 2.75) is 32.7 Å². The Balaban J connectivity index is 1.11. The Kier molecular flexibility index (Phi) is 5.61. The van der Waals surface area contributed by atoms with Crippen molar-refractivity contribution in [1.82, 2.24) is 39.0 Å². The lowest BCUT2D eigenvalue weighted by atomic mass is 10.1. The van der Waals surface area contributed by atoms with Gasteiger partial charge < -0.3 is 4.90 Å². The van der Waals surface area contributed by atoms with E-state index in [1.165, 1.54) is 5.56 Å². The Morgan fingerprint density at radius 1 is 0.943 bits per heavy atom. The average molecular weight is 469 g/mol. The molecule has 5 aromatic rings. The van der Waals surface area contributed by atoms with Gasteiger partial charge in [0.25, 0.3) is 5.78 Å². The summed E-state index contributed by atoms with van der Waals surface area (Å²) in [5.74, 6) is 2.40. The van der Waals surface area contributed by atoms with E-state index in [2.05, 4.69) is 55.5 Å². The van der Waals surface area contributed by atoms with Gasteiger partial charge in [-0.05, 0) is 31.0 Å². The molecule has 0 bridgehead atoms. The van der Waals surface area contributed by atoms with Crippen molar-refractivity contribution in [1.29, 1.82) is 0 Å². The van der Waals surface area contributed by atoms with Gasteiger partial charge in [0.15, 0.2) is 5.65 Å². The Bertz CT molecular complexity index is 1500. The highest BCUT2D eigenvalue weighted by atomic mass is 16.2. The number of nitrogens with zero attached hydrogens (tertiary/aromatic N) is 8. The molecule has 0 unspecified atom stereocenters. The standard InChI is InChI=1S/C26H28N8O/c1-19-27-25-21-10-5-6-11-22(21)33-23(28-29-26(33)34(25)30-19)12-7-13-24(35)32-16-14-31(15-17-32)18-20-8-3-2-4-9-20/h2-6,8-11H,7,12-18H2,1H3. The molecule has 178 valence electrons. The zero-order chi connectivity index (χ0) is 23.8. The molecule has 0 atom stereocenters. The second-order valence-electron chi connectivity index (χ2n) is 9.16. The van der Waals surface area contributed by atoms with Crippen LogP contribution in [0.25, 0.3) is 22.3 Å². The van der Waals surface area contributed by atoms with Gasteiger partial charge >= 0.3 is 0 Å². The largest absolute Gasteiger partial charge is 0.340 e. The summed E-state index contributed by atoms with van der Waals surface area (Å²) < 4.78 is 3.80. The van der Waals surface area contributed by atoms with Crippen LogP contribution in [0.15, 0.2) is 54.6 Å². The molecule has 0 N–H and O–H groups in total. The maximum Gasteiger partial charge on any atom is 0.258 e. The van der Waals surface area contributed by atoms with Crippen LogP contribution in [-0.4, -0.2) is 71.1 Å². The van der Waals surface area contributed by atoms with Crippen LogP contribution in [0, 0.1) is 6.92 Å². The molecule has 0 spiro atoms. The number of benzene rings is 2. The molecule has 1 fully saturated rings. The maximum atomic E-state index is 12.9. The minimum atomic E-state index is 0.220. The maximum absolute atomic E-state index is 12.9. The predicted molar refractivity (Wildman–Crippen MR) is 133 cm³/mol. The molecule has 3 aromatic heterocycles. The van der Waals surface area contributed by atoms with Crippen molar-refractivity contribution in [3.05, 3.63) is 71.8 Å². The Morgan fingerprint density at radius 2 is 1.71 bits per heavy atom. The first kappa shape index (κ1) is 21.7. The first-order valence-electron chi connectivity index (χ1n) is 12.2. The first-order valence-corrected chi connectivity index (χ1v) is 12.2. The lowest BCUT2D eigenvalue weighted by Crippen LogP contribution is -2.48. The molecule has 4 heterocycles. The molecule has 0 aliphatic carbocycles. The molecular weight excluding hydrogens is 440 g/mol. The van der Waals surface area contributed by atoms with Gasteiger partial charge in [-0.15, -0.1) is 15.3 Å². The fraction of sp³-hybridized carbons (Fsp3) is 0.346. The van der Waals surface area contributed by atoms with Gasteiger partial charge in [-0.3, -0.25) is 14.1 Å².